The van der Waals surface area contributed by atoms with Crippen molar-refractivity contribution in [3.63, 3.8) is 0 Å². The Kier molecular flexibility index (Phi) is 4.28. The molecule has 0 aliphatic carbocycles. The van der Waals surface area contributed by atoms with E-state index in [4.69, 9.17) is 4.74 Å². The molecule has 3 aliphatic heterocycles. The molecule has 3 aliphatic rings. The summed E-state index contributed by atoms with van der Waals surface area (Å²) in [5, 5.41) is 32.2. The van der Waals surface area contributed by atoms with Gasteiger partial charge in [-0.25, -0.2) is 0 Å². The predicted molar refractivity (Wildman–Crippen MR) is 87.2 cm³/mol. The Morgan fingerprint density at radius 3 is 2.64 bits per heavy atom. The minimum Gasteiger partial charge on any atom is -0.394 e. The van der Waals surface area contributed by atoms with Crippen molar-refractivity contribution < 1.29 is 24.9 Å². The van der Waals surface area contributed by atoms with Gasteiger partial charge in [0.05, 0.1) is 13.3 Å². The average Bonchev–Trinajstić information content (AvgIpc) is 3.20. The van der Waals surface area contributed by atoms with Crippen LogP contribution in [0.15, 0.2) is 0 Å². The number of imidazole rings is 1. The lowest BCUT2D eigenvalue weighted by Gasteiger charge is -2.33. The van der Waals surface area contributed by atoms with Gasteiger partial charge in [-0.05, 0) is 19.3 Å². The number of carbonyl (C=O) groups is 1. The fourth-order valence-corrected chi connectivity index (χ4v) is 3.64. The van der Waals surface area contributed by atoms with Crippen molar-refractivity contribution >= 4 is 17.7 Å². The van der Waals surface area contributed by atoms with Gasteiger partial charge >= 0.3 is 0 Å². The summed E-state index contributed by atoms with van der Waals surface area (Å²) in [5.74, 6) is 0.742. The Hall–Kier alpha value is -1.88. The van der Waals surface area contributed by atoms with Crippen LogP contribution in [-0.2, 0) is 4.74 Å². The number of hydrogen-bond donors (Lipinski definition) is 5. The van der Waals surface area contributed by atoms with Gasteiger partial charge in [-0.3, -0.25) is 4.79 Å². The fraction of sp³-hybridized carbons (Fsp3) is 0.733. The molecular formula is C15H23N5O5. The first kappa shape index (κ1) is 16.6. The maximum Gasteiger partial charge on any atom is 0.273 e. The van der Waals surface area contributed by atoms with E-state index < -0.39 is 31.1 Å². The molecule has 4 atom stereocenters. The third-order valence-electron chi connectivity index (χ3n) is 5.06. The number of rotatable bonds is 3. The SMILES string of the molecule is O=C1NCN([C@@H]2O[C@H](CO)[C@H](O)[C@H]2O)c2nc(N3CCCCC3)[nH]c21. The van der Waals surface area contributed by atoms with E-state index >= 15 is 0 Å². The maximum atomic E-state index is 12.2. The molecule has 0 unspecified atom stereocenters. The molecule has 0 saturated carbocycles. The second-order valence-electron chi connectivity index (χ2n) is 6.67. The molecule has 5 N–H and O–H groups in total. The number of aromatic nitrogens is 2. The number of anilines is 2. The van der Waals surface area contributed by atoms with E-state index in [0.29, 0.717) is 17.5 Å². The summed E-state index contributed by atoms with van der Waals surface area (Å²) < 4.78 is 5.58. The quantitative estimate of drug-likeness (QED) is 0.436. The van der Waals surface area contributed by atoms with Crippen molar-refractivity contribution in [2.75, 3.05) is 36.2 Å². The highest BCUT2D eigenvalue weighted by atomic mass is 16.6. The standard InChI is InChI=1S/C15H23N5O5/c21-6-8-10(22)11(23)14(25-8)20-7-16-13(24)9-12(20)18-15(17-9)19-4-2-1-3-5-19/h8,10-11,14,21-23H,1-7H2,(H,16,24)(H,17,18)/t8-,10+,11-,14-/m1/s1. The van der Waals surface area contributed by atoms with Gasteiger partial charge in [0.1, 0.15) is 18.3 Å². The molecule has 25 heavy (non-hydrogen) atoms. The summed E-state index contributed by atoms with van der Waals surface area (Å²) in [6.45, 7) is 1.45. The van der Waals surface area contributed by atoms with Crippen LogP contribution in [0.3, 0.4) is 0 Å². The minimum absolute atomic E-state index is 0.0999. The van der Waals surface area contributed by atoms with E-state index in [9.17, 15) is 20.1 Å². The molecule has 0 spiro atoms. The summed E-state index contributed by atoms with van der Waals surface area (Å²) in [6.07, 6.45) is -0.838. The van der Waals surface area contributed by atoms with Crippen LogP contribution in [0.1, 0.15) is 29.8 Å². The summed E-state index contributed by atoms with van der Waals surface area (Å²) in [6, 6.07) is 0. The van der Waals surface area contributed by atoms with Crippen LogP contribution in [0.4, 0.5) is 11.8 Å². The molecule has 2 fully saturated rings. The van der Waals surface area contributed by atoms with Gasteiger partial charge in [-0.2, -0.15) is 4.98 Å². The Bertz CT molecular complexity index is 646. The van der Waals surface area contributed by atoms with Crippen molar-refractivity contribution in [3.05, 3.63) is 5.69 Å². The van der Waals surface area contributed by atoms with Gasteiger partial charge in [0.25, 0.3) is 5.91 Å². The molecule has 4 heterocycles. The number of carbonyl (C=O) groups excluding carboxylic acids is 1. The van der Waals surface area contributed by atoms with Crippen molar-refractivity contribution in [1.82, 2.24) is 15.3 Å². The number of amides is 1. The number of ether oxygens (including phenoxy) is 1. The Balaban J connectivity index is 1.63. The molecule has 2 saturated heterocycles. The zero-order chi connectivity index (χ0) is 17.6. The highest BCUT2D eigenvalue weighted by Gasteiger charge is 2.47. The predicted octanol–water partition coefficient (Wildman–Crippen LogP) is -1.65. The molecule has 10 nitrogen and oxygen atoms in total. The van der Waals surface area contributed by atoms with Crippen molar-refractivity contribution in [3.8, 4) is 0 Å². The lowest BCUT2D eigenvalue weighted by Crippen LogP contribution is -2.52. The number of H-pyrrole nitrogens is 1. The molecule has 0 aromatic carbocycles. The summed E-state index contributed by atoms with van der Waals surface area (Å²) in [7, 11) is 0. The smallest absolute Gasteiger partial charge is 0.273 e. The van der Waals surface area contributed by atoms with Gasteiger partial charge in [0, 0.05) is 13.1 Å². The molecule has 1 aromatic heterocycles. The lowest BCUT2D eigenvalue weighted by molar-refractivity contribution is -0.0232. The number of aliphatic hydroxyl groups excluding tert-OH is 3. The van der Waals surface area contributed by atoms with Gasteiger partial charge in [-0.1, -0.05) is 0 Å². The van der Waals surface area contributed by atoms with Crippen LogP contribution in [0.5, 0.6) is 0 Å². The monoisotopic (exact) mass is 353 g/mol. The van der Waals surface area contributed by atoms with Crippen LogP contribution in [0.2, 0.25) is 0 Å². The number of aromatic amines is 1. The number of aliphatic hydroxyl groups is 3. The second-order valence-corrected chi connectivity index (χ2v) is 6.67. The number of piperidine rings is 1. The van der Waals surface area contributed by atoms with Gasteiger partial charge in [0.2, 0.25) is 5.95 Å². The molecule has 138 valence electrons. The Morgan fingerprint density at radius 1 is 1.20 bits per heavy atom. The van der Waals surface area contributed by atoms with Gasteiger partial charge in [0.15, 0.2) is 17.7 Å². The first-order valence-electron chi connectivity index (χ1n) is 8.62. The normalized spacial score (nSPS) is 32.7. The molecule has 10 heteroatoms. The van der Waals surface area contributed by atoms with Gasteiger partial charge in [-0.15, -0.1) is 0 Å². The highest BCUT2D eigenvalue weighted by molar-refractivity contribution is 5.99. The largest absolute Gasteiger partial charge is 0.394 e. The zero-order valence-corrected chi connectivity index (χ0v) is 13.8. The number of fused-ring (bicyclic) bond motifs is 1. The molecule has 0 radical (unpaired) electrons. The van der Waals surface area contributed by atoms with E-state index in [1.165, 1.54) is 6.42 Å². The van der Waals surface area contributed by atoms with Crippen LogP contribution in [0.25, 0.3) is 0 Å². The Labute approximate surface area is 144 Å². The average molecular weight is 353 g/mol. The topological polar surface area (TPSA) is 134 Å². The third kappa shape index (κ3) is 2.74. The lowest BCUT2D eigenvalue weighted by atomic mass is 10.1. The highest BCUT2D eigenvalue weighted by Crippen LogP contribution is 2.32. The van der Waals surface area contributed by atoms with Crippen molar-refractivity contribution in [2.24, 2.45) is 0 Å². The van der Waals surface area contributed by atoms with E-state index in [1.54, 1.807) is 4.90 Å². The van der Waals surface area contributed by atoms with E-state index in [2.05, 4.69) is 20.2 Å². The minimum atomic E-state index is -1.21. The molecule has 1 aromatic rings. The summed E-state index contributed by atoms with van der Waals surface area (Å²) in [4.78, 5) is 23.5. The number of nitrogens with zero attached hydrogens (tertiary/aromatic N) is 3. The molecule has 4 rings (SSSR count). The van der Waals surface area contributed by atoms with Crippen molar-refractivity contribution in [2.45, 2.75) is 43.8 Å². The third-order valence-corrected chi connectivity index (χ3v) is 5.06. The van der Waals surface area contributed by atoms with Crippen LogP contribution in [-0.4, -0.2) is 82.1 Å². The molecule has 1 amide bonds. The first-order chi connectivity index (χ1) is 12.1. The van der Waals surface area contributed by atoms with E-state index in [0.717, 1.165) is 25.9 Å². The summed E-state index contributed by atoms with van der Waals surface area (Å²) in [5.41, 5.74) is 0.310. The zero-order valence-electron chi connectivity index (χ0n) is 13.8. The fourth-order valence-electron chi connectivity index (χ4n) is 3.64. The molecular weight excluding hydrogens is 330 g/mol. The molecule has 0 bridgehead atoms. The second kappa shape index (κ2) is 6.45. The van der Waals surface area contributed by atoms with E-state index in [1.807, 2.05) is 0 Å². The van der Waals surface area contributed by atoms with Crippen LogP contribution in [0, 0.1) is 0 Å². The van der Waals surface area contributed by atoms with Crippen molar-refractivity contribution in [1.29, 1.82) is 0 Å². The van der Waals surface area contributed by atoms with Crippen LogP contribution >= 0.6 is 0 Å². The van der Waals surface area contributed by atoms with Gasteiger partial charge < -0.3 is 40.2 Å². The summed E-state index contributed by atoms with van der Waals surface area (Å²) >= 11 is 0. The number of nitrogens with one attached hydrogen (secondary N) is 2. The number of hydrogen-bond acceptors (Lipinski definition) is 8. The van der Waals surface area contributed by atoms with Crippen LogP contribution < -0.4 is 15.1 Å². The Morgan fingerprint density at radius 2 is 1.96 bits per heavy atom. The van der Waals surface area contributed by atoms with E-state index in [-0.39, 0.29) is 12.6 Å². The maximum absolute atomic E-state index is 12.2. The first-order valence-corrected chi connectivity index (χ1v) is 8.62.